The predicted octanol–water partition coefficient (Wildman–Crippen LogP) is 2.86. The van der Waals surface area contributed by atoms with Gasteiger partial charge in [-0.1, -0.05) is 11.6 Å². The van der Waals surface area contributed by atoms with Crippen molar-refractivity contribution in [1.82, 2.24) is 10.3 Å². The van der Waals surface area contributed by atoms with Crippen molar-refractivity contribution in [3.63, 3.8) is 0 Å². The van der Waals surface area contributed by atoms with E-state index in [9.17, 15) is 9.59 Å². The molecule has 5 nitrogen and oxygen atoms in total. The van der Waals surface area contributed by atoms with Crippen molar-refractivity contribution in [2.75, 3.05) is 11.9 Å². The van der Waals surface area contributed by atoms with Crippen LogP contribution in [0.2, 0.25) is 5.02 Å². The molecule has 2 aromatic rings. The second-order valence-electron chi connectivity index (χ2n) is 4.36. The van der Waals surface area contributed by atoms with Crippen LogP contribution in [0.5, 0.6) is 0 Å². The number of aryl methyl sites for hydroxylation is 1. The van der Waals surface area contributed by atoms with Crippen molar-refractivity contribution in [3.05, 3.63) is 45.9 Å². The zero-order chi connectivity index (χ0) is 15.2. The molecule has 21 heavy (non-hydrogen) atoms. The van der Waals surface area contributed by atoms with Gasteiger partial charge in [-0.25, -0.2) is 4.98 Å². The lowest BCUT2D eigenvalue weighted by molar-refractivity contribution is -0.116. The van der Waals surface area contributed by atoms with Crippen LogP contribution in [0.15, 0.2) is 29.6 Å². The Morgan fingerprint density at radius 1 is 1.29 bits per heavy atom. The maximum absolute atomic E-state index is 11.8. The highest BCUT2D eigenvalue weighted by Crippen LogP contribution is 2.14. The molecule has 0 atom stereocenters. The van der Waals surface area contributed by atoms with Gasteiger partial charge in [-0.05, 0) is 31.2 Å². The van der Waals surface area contributed by atoms with Crippen LogP contribution in [-0.4, -0.2) is 23.3 Å². The zero-order valence-corrected chi connectivity index (χ0v) is 12.9. The Bertz CT molecular complexity index is 640. The lowest BCUT2D eigenvalue weighted by atomic mass is 10.2. The van der Waals surface area contributed by atoms with Gasteiger partial charge in [0.1, 0.15) is 0 Å². The van der Waals surface area contributed by atoms with Crippen LogP contribution in [0.1, 0.15) is 22.5 Å². The van der Waals surface area contributed by atoms with E-state index in [0.717, 1.165) is 5.69 Å². The normalized spacial score (nSPS) is 10.2. The number of amides is 2. The van der Waals surface area contributed by atoms with Gasteiger partial charge >= 0.3 is 0 Å². The summed E-state index contributed by atoms with van der Waals surface area (Å²) in [4.78, 5) is 27.6. The van der Waals surface area contributed by atoms with E-state index in [0.29, 0.717) is 15.7 Å². The molecule has 1 heterocycles. The topological polar surface area (TPSA) is 71.1 Å². The molecular weight excluding hydrogens is 310 g/mol. The van der Waals surface area contributed by atoms with Gasteiger partial charge in [0.15, 0.2) is 5.13 Å². The first-order chi connectivity index (χ1) is 10.0. The molecule has 0 bridgehead atoms. The third-order valence-electron chi connectivity index (χ3n) is 2.61. The molecule has 0 unspecified atom stereocenters. The SMILES string of the molecule is Cc1csc(NC(=O)CCNC(=O)c2ccc(Cl)cc2)n1. The molecule has 0 aliphatic rings. The number of benzene rings is 1. The van der Waals surface area contributed by atoms with Gasteiger partial charge in [-0.2, -0.15) is 0 Å². The molecule has 7 heteroatoms. The quantitative estimate of drug-likeness (QED) is 0.888. The molecule has 2 N–H and O–H groups in total. The van der Waals surface area contributed by atoms with E-state index >= 15 is 0 Å². The summed E-state index contributed by atoms with van der Waals surface area (Å²) in [6, 6.07) is 6.56. The molecule has 110 valence electrons. The van der Waals surface area contributed by atoms with Crippen molar-refractivity contribution in [1.29, 1.82) is 0 Å². The number of aromatic nitrogens is 1. The second kappa shape index (κ2) is 7.19. The average Bonchev–Trinajstić information content (AvgIpc) is 2.84. The van der Waals surface area contributed by atoms with E-state index in [4.69, 9.17) is 11.6 Å². The van der Waals surface area contributed by atoms with Crippen LogP contribution in [-0.2, 0) is 4.79 Å². The molecular formula is C14H14ClN3O2S. The predicted molar refractivity (Wildman–Crippen MR) is 83.9 cm³/mol. The molecule has 0 spiro atoms. The number of anilines is 1. The second-order valence-corrected chi connectivity index (χ2v) is 5.65. The van der Waals surface area contributed by atoms with Gasteiger partial charge in [0.05, 0.1) is 5.69 Å². The first-order valence-electron chi connectivity index (χ1n) is 6.30. The van der Waals surface area contributed by atoms with Crippen molar-refractivity contribution in [2.45, 2.75) is 13.3 Å². The highest BCUT2D eigenvalue weighted by Gasteiger charge is 2.08. The molecule has 2 amide bonds. The van der Waals surface area contributed by atoms with Crippen LogP contribution < -0.4 is 10.6 Å². The summed E-state index contributed by atoms with van der Waals surface area (Å²) in [6.45, 7) is 2.12. The van der Waals surface area contributed by atoms with E-state index < -0.39 is 0 Å². The Labute approximate surface area is 131 Å². The van der Waals surface area contributed by atoms with Crippen LogP contribution in [0.3, 0.4) is 0 Å². The summed E-state index contributed by atoms with van der Waals surface area (Å²) in [6.07, 6.45) is 0.192. The highest BCUT2D eigenvalue weighted by atomic mass is 35.5. The number of carbonyl (C=O) groups is 2. The van der Waals surface area contributed by atoms with Gasteiger partial charge < -0.3 is 10.6 Å². The lowest BCUT2D eigenvalue weighted by Gasteiger charge is -2.05. The molecule has 0 aliphatic heterocycles. The van der Waals surface area contributed by atoms with E-state index in [2.05, 4.69) is 15.6 Å². The molecule has 0 fully saturated rings. The van der Waals surface area contributed by atoms with Gasteiger partial charge in [0.25, 0.3) is 5.91 Å². The molecule has 2 rings (SSSR count). The smallest absolute Gasteiger partial charge is 0.251 e. The van der Waals surface area contributed by atoms with Gasteiger partial charge in [0.2, 0.25) is 5.91 Å². The Hall–Kier alpha value is -1.92. The third kappa shape index (κ3) is 4.84. The minimum absolute atomic E-state index is 0.180. The summed E-state index contributed by atoms with van der Waals surface area (Å²) in [5, 5.41) is 8.37. The average molecular weight is 324 g/mol. The highest BCUT2D eigenvalue weighted by molar-refractivity contribution is 7.13. The lowest BCUT2D eigenvalue weighted by Crippen LogP contribution is -2.27. The van der Waals surface area contributed by atoms with E-state index in [-0.39, 0.29) is 24.8 Å². The fourth-order valence-corrected chi connectivity index (χ4v) is 2.42. The number of nitrogens with one attached hydrogen (secondary N) is 2. The van der Waals surface area contributed by atoms with E-state index in [1.54, 1.807) is 24.3 Å². The zero-order valence-electron chi connectivity index (χ0n) is 11.4. The van der Waals surface area contributed by atoms with Gasteiger partial charge in [-0.3, -0.25) is 9.59 Å². The number of hydrogen-bond acceptors (Lipinski definition) is 4. The number of carbonyl (C=O) groups excluding carboxylic acids is 2. The molecule has 1 aromatic heterocycles. The molecule has 0 aliphatic carbocycles. The molecule has 0 saturated carbocycles. The summed E-state index contributed by atoms with van der Waals surface area (Å²) in [5.41, 5.74) is 1.38. The summed E-state index contributed by atoms with van der Waals surface area (Å²) in [7, 11) is 0. The van der Waals surface area contributed by atoms with Crippen LogP contribution >= 0.6 is 22.9 Å². The molecule has 0 saturated heterocycles. The number of thiazole rings is 1. The Morgan fingerprint density at radius 3 is 2.62 bits per heavy atom. The largest absolute Gasteiger partial charge is 0.352 e. The number of rotatable bonds is 5. The first kappa shape index (κ1) is 15.5. The number of hydrogen-bond donors (Lipinski definition) is 2. The Kier molecular flexibility index (Phi) is 5.30. The Balaban J connectivity index is 1.74. The van der Waals surface area contributed by atoms with Gasteiger partial charge in [0, 0.05) is 28.9 Å². The van der Waals surface area contributed by atoms with Crippen LogP contribution in [0.4, 0.5) is 5.13 Å². The van der Waals surface area contributed by atoms with Crippen LogP contribution in [0.25, 0.3) is 0 Å². The first-order valence-corrected chi connectivity index (χ1v) is 7.56. The maximum atomic E-state index is 11.8. The fourth-order valence-electron chi connectivity index (χ4n) is 1.59. The van der Waals surface area contributed by atoms with Crippen LogP contribution in [0, 0.1) is 6.92 Å². The summed E-state index contributed by atoms with van der Waals surface area (Å²) in [5.74, 6) is -0.412. The number of halogens is 1. The summed E-state index contributed by atoms with van der Waals surface area (Å²) < 4.78 is 0. The Morgan fingerprint density at radius 2 is 2.00 bits per heavy atom. The van der Waals surface area contributed by atoms with E-state index in [1.807, 2.05) is 12.3 Å². The minimum Gasteiger partial charge on any atom is -0.352 e. The molecule has 0 radical (unpaired) electrons. The number of nitrogens with zero attached hydrogens (tertiary/aromatic N) is 1. The minimum atomic E-state index is -0.232. The molecule has 1 aromatic carbocycles. The monoisotopic (exact) mass is 323 g/mol. The van der Waals surface area contributed by atoms with Gasteiger partial charge in [-0.15, -0.1) is 11.3 Å². The van der Waals surface area contributed by atoms with Crippen molar-refractivity contribution in [3.8, 4) is 0 Å². The third-order valence-corrected chi connectivity index (χ3v) is 3.74. The van der Waals surface area contributed by atoms with Crippen molar-refractivity contribution >= 4 is 39.9 Å². The van der Waals surface area contributed by atoms with Crippen molar-refractivity contribution in [2.24, 2.45) is 0 Å². The maximum Gasteiger partial charge on any atom is 0.251 e. The fraction of sp³-hybridized carbons (Fsp3) is 0.214. The summed E-state index contributed by atoms with van der Waals surface area (Å²) >= 11 is 7.12. The standard InChI is InChI=1S/C14H14ClN3O2S/c1-9-8-21-14(17-9)18-12(19)6-7-16-13(20)10-2-4-11(15)5-3-10/h2-5,8H,6-7H2,1H3,(H,16,20)(H,17,18,19). The van der Waals surface area contributed by atoms with E-state index in [1.165, 1.54) is 11.3 Å². The van der Waals surface area contributed by atoms with Crippen molar-refractivity contribution < 1.29 is 9.59 Å².